The minimum atomic E-state index is -1.58. The lowest BCUT2D eigenvalue weighted by atomic mass is 9.33. The average molecular weight is 1000 g/mol. The first-order valence-corrected chi connectivity index (χ1v) is 29.9. The summed E-state index contributed by atoms with van der Waals surface area (Å²) in [4.78, 5) is 33.9. The monoisotopic (exact) mass is 1000 g/mol. The molecule has 384 valence electrons. The number of nitrogens with zero attached hydrogens (tertiary/aromatic N) is 1. The molecule has 0 aromatic heterocycles. The quantitative estimate of drug-likeness (QED) is 0.0875. The number of ketones is 1. The van der Waals surface area contributed by atoms with E-state index in [9.17, 15) is 35.7 Å². The van der Waals surface area contributed by atoms with Gasteiger partial charge < -0.3 is 45.4 Å². The van der Waals surface area contributed by atoms with Crippen LogP contribution < -0.4 is 4.90 Å². The van der Waals surface area contributed by atoms with E-state index in [1.165, 1.54) is 21.6 Å². The third kappa shape index (κ3) is 5.93. The minimum Gasteiger partial charge on any atom is -0.508 e. The van der Waals surface area contributed by atoms with E-state index in [0.29, 0.717) is 80.8 Å². The highest BCUT2D eigenvalue weighted by Crippen LogP contribution is 2.80. The van der Waals surface area contributed by atoms with Gasteiger partial charge in [0.15, 0.2) is 5.78 Å². The first-order valence-electron chi connectivity index (χ1n) is 27.5. The largest absolute Gasteiger partial charge is 0.508 e. The molecular formula is C57H79NO10S2. The van der Waals surface area contributed by atoms with Gasteiger partial charge in [0.1, 0.15) is 22.9 Å². The maximum absolute atomic E-state index is 16.1. The van der Waals surface area contributed by atoms with Crippen molar-refractivity contribution in [1.29, 1.82) is 0 Å². The van der Waals surface area contributed by atoms with Crippen LogP contribution in [-0.4, -0.2) is 107 Å². The van der Waals surface area contributed by atoms with Crippen LogP contribution in [0.5, 0.6) is 5.75 Å². The molecule has 13 heteroatoms. The van der Waals surface area contributed by atoms with Gasteiger partial charge in [0, 0.05) is 52.8 Å². The van der Waals surface area contributed by atoms with Crippen molar-refractivity contribution >= 4 is 39.0 Å². The average Bonchev–Trinajstić information content (AvgIpc) is 3.56. The summed E-state index contributed by atoms with van der Waals surface area (Å²) in [6.45, 7) is 9.08. The Morgan fingerprint density at radius 1 is 0.914 bits per heavy atom. The molecule has 0 radical (unpaired) electrons. The number of anilines is 1. The van der Waals surface area contributed by atoms with E-state index >= 15 is 9.59 Å². The zero-order valence-electron chi connectivity index (χ0n) is 41.9. The summed E-state index contributed by atoms with van der Waals surface area (Å²) in [5.74, 6) is -0.724. The molecule has 1 aromatic carbocycles. The van der Waals surface area contributed by atoms with E-state index in [4.69, 9.17) is 4.74 Å². The third-order valence-corrected chi connectivity index (χ3v) is 26.2. The molecule has 6 saturated carbocycles. The molecule has 5 spiro atoms. The zero-order valence-corrected chi connectivity index (χ0v) is 43.5. The molecule has 1 aromatic rings. The van der Waals surface area contributed by atoms with Crippen molar-refractivity contribution in [1.82, 2.24) is 0 Å². The topological polar surface area (TPSA) is 192 Å². The van der Waals surface area contributed by atoms with E-state index in [2.05, 4.69) is 45.9 Å². The van der Waals surface area contributed by atoms with E-state index in [-0.39, 0.29) is 60.2 Å². The van der Waals surface area contributed by atoms with Gasteiger partial charge in [0.2, 0.25) is 5.91 Å². The van der Waals surface area contributed by atoms with Crippen molar-refractivity contribution in [2.45, 2.75) is 184 Å². The maximum Gasteiger partial charge on any atom is 0.234 e. The highest BCUT2D eigenvalue weighted by atomic mass is 33.1. The SMILES string of the molecule is CC(C)[C@@H](C)[C@@H]1O[C@H]1[C@@]1(O)CC=C[C@@H]2C[C@H]3C4=CC(=O)[C@@]5(C[C@@H](O)[C@@H](O)C6(CCCC6)[C@]35C)[C@@H](O)SSC[C@@H]3CCC[C@H](CO)[C@]35C(=O)N(CC53CCCC3)c3cc(O)cc(c3)CC[C@]23[C@@H]1CC[C@@]43O. The number of amides is 1. The summed E-state index contributed by atoms with van der Waals surface area (Å²) >= 11 is 0. The van der Waals surface area contributed by atoms with Crippen LogP contribution in [0, 0.1) is 73.9 Å². The number of carbonyl (C=O) groups excluding carboxylic acids is 2. The Labute approximate surface area is 422 Å². The van der Waals surface area contributed by atoms with Crippen LogP contribution in [0.25, 0.3) is 0 Å². The van der Waals surface area contributed by atoms with Gasteiger partial charge >= 0.3 is 0 Å². The van der Waals surface area contributed by atoms with E-state index < -0.39 is 79.3 Å². The van der Waals surface area contributed by atoms with Gasteiger partial charge in [0.25, 0.3) is 0 Å². The predicted octanol–water partition coefficient (Wildman–Crippen LogP) is 8.04. The second-order valence-electron chi connectivity index (χ2n) is 25.7. The van der Waals surface area contributed by atoms with Crippen LogP contribution >= 0.6 is 21.6 Å². The van der Waals surface area contributed by atoms with Crippen molar-refractivity contribution in [3.05, 3.63) is 47.6 Å². The number of hydrogen-bond acceptors (Lipinski definition) is 12. The van der Waals surface area contributed by atoms with Gasteiger partial charge in [-0.05, 0) is 154 Å². The third-order valence-electron chi connectivity index (χ3n) is 23.6. The molecule has 11 nitrogen and oxygen atoms in total. The van der Waals surface area contributed by atoms with Gasteiger partial charge in [-0.15, -0.1) is 0 Å². The summed E-state index contributed by atoms with van der Waals surface area (Å²) < 4.78 is 6.57. The number of rotatable bonds is 4. The number of epoxide rings is 1. The van der Waals surface area contributed by atoms with Crippen molar-refractivity contribution < 1.29 is 50.1 Å². The van der Waals surface area contributed by atoms with Gasteiger partial charge in [-0.3, -0.25) is 9.59 Å². The molecule has 70 heavy (non-hydrogen) atoms. The van der Waals surface area contributed by atoms with Crippen molar-refractivity contribution in [3.63, 3.8) is 0 Å². The number of aryl methyl sites for hydroxylation is 1. The first kappa shape index (κ1) is 49.0. The van der Waals surface area contributed by atoms with Crippen molar-refractivity contribution in [2.75, 3.05) is 23.8 Å². The van der Waals surface area contributed by atoms with Crippen molar-refractivity contribution in [2.24, 2.45) is 73.9 Å². The molecule has 1 amide bonds. The number of aromatic hydroxyl groups is 1. The number of hydrogen-bond donors (Lipinski definition) is 7. The number of aliphatic hydroxyl groups is 6. The second-order valence-corrected chi connectivity index (χ2v) is 28.2. The van der Waals surface area contributed by atoms with Gasteiger partial charge in [-0.2, -0.15) is 0 Å². The number of phenols is 1. The van der Waals surface area contributed by atoms with Crippen LogP contribution in [0.1, 0.15) is 142 Å². The highest BCUT2D eigenvalue weighted by Gasteiger charge is 2.82. The lowest BCUT2D eigenvalue weighted by molar-refractivity contribution is -0.262. The molecule has 5 aliphatic heterocycles. The van der Waals surface area contributed by atoms with Gasteiger partial charge in [-0.1, -0.05) is 93.5 Å². The summed E-state index contributed by atoms with van der Waals surface area (Å²) in [7, 11) is 2.78. The summed E-state index contributed by atoms with van der Waals surface area (Å²) in [5, 5.41) is 89.0. The Bertz CT molecular complexity index is 2360. The molecule has 2 saturated heterocycles. The molecule has 8 bridgehead atoms. The number of benzene rings is 1. The van der Waals surface area contributed by atoms with Crippen LogP contribution in [0.2, 0.25) is 0 Å². The highest BCUT2D eigenvalue weighted by molar-refractivity contribution is 8.76. The lowest BCUT2D eigenvalue weighted by Gasteiger charge is -2.72. The Hall–Kier alpha value is -1.94. The molecule has 5 heterocycles. The van der Waals surface area contributed by atoms with E-state index in [0.717, 1.165) is 63.4 Å². The normalized spacial score (nSPS) is 48.2. The van der Waals surface area contributed by atoms with Crippen LogP contribution in [-0.2, 0) is 20.7 Å². The maximum atomic E-state index is 16.1. The molecule has 0 unspecified atom stereocenters. The first-order chi connectivity index (χ1) is 33.4. The fourth-order valence-corrected chi connectivity index (χ4v) is 23.3. The fourth-order valence-electron chi connectivity index (χ4n) is 20.2. The number of carbonyl (C=O) groups is 2. The lowest BCUT2D eigenvalue weighted by Crippen LogP contribution is -2.75. The number of aliphatic hydroxyl groups excluding tert-OH is 4. The zero-order chi connectivity index (χ0) is 49.2. The standard InChI is InChI=1S/C57H79NO10S2/c1-32(2)33(3)45-47(68-45)55(66)20-10-13-35-25-40-41-27-44(62)54(28-42(61)46(63)52(50(40,54)4)18-7-8-19-52)49(65)70-69-30-37-12-9-11-36(29-59)57(37)48(64)58(31-51(57)16-5-6-17-51)38-23-34(24-39(60)26-38)14-21-53(35)43(55)15-22-56(41,53)67/h10,13,23-24,26-27,32-33,35-37,40,42-43,45-47,49,59-61,63,65-67H,5-9,11-12,14-22,25,28-31H2,1-4H3/t33-,35-,36-,37+,40+,42-,43+,45+,46-,47-,49+,50+,53-,54+,55-,56-,57-/m1/s1. The van der Waals surface area contributed by atoms with E-state index in [1.807, 2.05) is 4.90 Å². The van der Waals surface area contributed by atoms with E-state index in [1.54, 1.807) is 18.2 Å². The smallest absolute Gasteiger partial charge is 0.234 e. The Kier molecular flexibility index (Phi) is 11.6. The molecule has 14 rings (SSSR count). The summed E-state index contributed by atoms with van der Waals surface area (Å²) in [6, 6.07) is 5.56. The molecule has 8 aliphatic carbocycles. The molecule has 7 N–H and O–H groups in total. The number of phenolic OH excluding ortho intramolecular Hbond substituents is 1. The van der Waals surface area contributed by atoms with Gasteiger partial charge in [-0.25, -0.2) is 0 Å². The molecule has 17 atom stereocenters. The Morgan fingerprint density at radius 2 is 1.66 bits per heavy atom. The Balaban J connectivity index is 1.08. The van der Waals surface area contributed by atoms with Crippen LogP contribution in [0.3, 0.4) is 0 Å². The van der Waals surface area contributed by atoms with Crippen LogP contribution in [0.4, 0.5) is 5.69 Å². The van der Waals surface area contributed by atoms with Gasteiger partial charge in [0.05, 0.1) is 34.7 Å². The van der Waals surface area contributed by atoms with Crippen LogP contribution in [0.15, 0.2) is 42.0 Å². The molecule has 8 fully saturated rings. The molecular weight excluding hydrogens is 923 g/mol. The predicted molar refractivity (Wildman–Crippen MR) is 270 cm³/mol. The number of allylic oxidation sites excluding steroid dienone is 2. The summed E-state index contributed by atoms with van der Waals surface area (Å²) in [6.07, 6.45) is 14.4. The summed E-state index contributed by atoms with van der Waals surface area (Å²) in [5.41, 5.74) is -7.86. The Morgan fingerprint density at radius 3 is 2.39 bits per heavy atom. The second kappa shape index (κ2) is 16.5. The number of ether oxygens (including phenoxy) is 1. The molecule has 13 aliphatic rings. The fraction of sp³-hybridized carbons (Fsp3) is 0.789. The number of fused-ring (bicyclic) bond motifs is 1. The van der Waals surface area contributed by atoms with Crippen molar-refractivity contribution in [3.8, 4) is 5.75 Å². The minimum absolute atomic E-state index is 0.00976.